The fraction of sp³-hybridized carbons (Fsp3) is 0.200. The van der Waals surface area contributed by atoms with Crippen molar-refractivity contribution >= 4 is 17.5 Å². The highest BCUT2D eigenvalue weighted by Crippen LogP contribution is 2.22. The van der Waals surface area contributed by atoms with E-state index in [0.717, 1.165) is 11.1 Å². The predicted octanol–water partition coefficient (Wildman–Crippen LogP) is 2.22. The Hall–Kier alpha value is -1.91. The molecule has 3 rings (SSSR count). The highest BCUT2D eigenvalue weighted by Gasteiger charge is 2.29. The van der Waals surface area contributed by atoms with Gasteiger partial charge in [0, 0.05) is 36.1 Å². The van der Waals surface area contributed by atoms with Gasteiger partial charge in [0.05, 0.1) is 11.7 Å². The highest BCUT2D eigenvalue weighted by molar-refractivity contribution is 6.30. The molecule has 1 saturated heterocycles. The summed E-state index contributed by atoms with van der Waals surface area (Å²) in [5, 5.41) is 9.92. The van der Waals surface area contributed by atoms with Crippen LogP contribution in [0.5, 0.6) is 0 Å². The number of hydrogen-bond acceptors (Lipinski definition) is 3. The van der Waals surface area contributed by atoms with Crippen LogP contribution in [0, 0.1) is 0 Å². The van der Waals surface area contributed by atoms with Crippen LogP contribution in [0.25, 0.3) is 11.1 Å². The second-order valence-corrected chi connectivity index (χ2v) is 5.27. The van der Waals surface area contributed by atoms with E-state index in [1.165, 1.54) is 0 Å². The smallest absolute Gasteiger partial charge is 0.255 e. The lowest BCUT2D eigenvalue weighted by Gasteiger charge is -2.35. The van der Waals surface area contributed by atoms with Crippen molar-refractivity contribution < 1.29 is 9.90 Å². The number of hydrogen-bond donors (Lipinski definition) is 1. The van der Waals surface area contributed by atoms with Gasteiger partial charge in [0.2, 0.25) is 0 Å². The lowest BCUT2D eigenvalue weighted by molar-refractivity contribution is 0.00587. The first kappa shape index (κ1) is 13.1. The van der Waals surface area contributed by atoms with Crippen LogP contribution < -0.4 is 0 Å². The van der Waals surface area contributed by atoms with Gasteiger partial charge in [0.25, 0.3) is 5.91 Å². The van der Waals surface area contributed by atoms with Gasteiger partial charge in [-0.3, -0.25) is 9.78 Å². The van der Waals surface area contributed by atoms with Crippen molar-refractivity contribution in [2.24, 2.45) is 0 Å². The number of pyridine rings is 1. The minimum atomic E-state index is -0.397. The van der Waals surface area contributed by atoms with E-state index < -0.39 is 6.10 Å². The second kappa shape index (κ2) is 5.23. The van der Waals surface area contributed by atoms with Crippen LogP contribution >= 0.6 is 11.6 Å². The topological polar surface area (TPSA) is 53.4 Å². The van der Waals surface area contributed by atoms with Crippen LogP contribution in [0.2, 0.25) is 5.02 Å². The molecular formula is C15H13ClN2O2. The maximum atomic E-state index is 12.2. The largest absolute Gasteiger partial charge is 0.389 e. The molecular weight excluding hydrogens is 276 g/mol. The Morgan fingerprint density at radius 1 is 1.20 bits per heavy atom. The van der Waals surface area contributed by atoms with Gasteiger partial charge in [0.15, 0.2) is 0 Å². The molecule has 1 aromatic carbocycles. The molecule has 1 N–H and O–H groups in total. The number of carbonyl (C=O) groups is 1. The minimum absolute atomic E-state index is 0.0985. The Labute approximate surface area is 121 Å². The highest BCUT2D eigenvalue weighted by atomic mass is 35.5. The van der Waals surface area contributed by atoms with Crippen LogP contribution in [0.15, 0.2) is 42.7 Å². The first-order valence-electron chi connectivity index (χ1n) is 6.32. The molecule has 20 heavy (non-hydrogen) atoms. The summed E-state index contributed by atoms with van der Waals surface area (Å²) in [5.74, 6) is -0.0985. The number of aliphatic hydroxyl groups is 1. The average Bonchev–Trinajstić information content (AvgIpc) is 2.44. The number of halogens is 1. The van der Waals surface area contributed by atoms with Gasteiger partial charge >= 0.3 is 0 Å². The van der Waals surface area contributed by atoms with Crippen molar-refractivity contribution in [3.8, 4) is 11.1 Å². The number of benzene rings is 1. The molecule has 5 heteroatoms. The molecule has 0 atom stereocenters. The number of β-amino-alcohol motifs (C(OH)–C–C–N with tert-alkyl or cyclic N) is 1. The number of rotatable bonds is 2. The third kappa shape index (κ3) is 2.53. The molecule has 1 amide bonds. The van der Waals surface area contributed by atoms with Gasteiger partial charge in [-0.2, -0.15) is 0 Å². The first-order valence-corrected chi connectivity index (χ1v) is 6.69. The van der Waals surface area contributed by atoms with Gasteiger partial charge < -0.3 is 10.0 Å². The zero-order valence-electron chi connectivity index (χ0n) is 10.7. The minimum Gasteiger partial charge on any atom is -0.389 e. The molecule has 2 heterocycles. The third-order valence-corrected chi connectivity index (χ3v) is 3.56. The Kier molecular flexibility index (Phi) is 3.42. The molecule has 0 radical (unpaired) electrons. The van der Waals surface area contributed by atoms with Crippen molar-refractivity contribution in [3.63, 3.8) is 0 Å². The molecule has 1 fully saturated rings. The molecule has 1 aromatic heterocycles. The SMILES string of the molecule is O=C(c1cncc(-c2ccc(Cl)cc2)c1)N1CC(O)C1. The van der Waals surface area contributed by atoms with E-state index in [2.05, 4.69) is 4.98 Å². The fourth-order valence-corrected chi connectivity index (χ4v) is 2.29. The maximum Gasteiger partial charge on any atom is 0.255 e. The first-order chi connectivity index (χ1) is 9.63. The molecule has 102 valence electrons. The third-order valence-electron chi connectivity index (χ3n) is 3.31. The number of nitrogens with zero attached hydrogens (tertiary/aromatic N) is 2. The Morgan fingerprint density at radius 3 is 2.55 bits per heavy atom. The molecule has 0 aliphatic carbocycles. The number of aromatic nitrogens is 1. The monoisotopic (exact) mass is 288 g/mol. The van der Waals surface area contributed by atoms with Crippen molar-refractivity contribution in [2.75, 3.05) is 13.1 Å². The van der Waals surface area contributed by atoms with E-state index in [9.17, 15) is 9.90 Å². The van der Waals surface area contributed by atoms with E-state index in [1.807, 2.05) is 18.2 Å². The van der Waals surface area contributed by atoms with Gasteiger partial charge in [-0.05, 0) is 23.8 Å². The standard InChI is InChI=1S/C15H13ClN2O2/c16-13-3-1-10(2-4-13)11-5-12(7-17-6-11)15(20)18-8-14(19)9-18/h1-7,14,19H,8-9H2. The van der Waals surface area contributed by atoms with Gasteiger partial charge in [0.1, 0.15) is 0 Å². The molecule has 0 bridgehead atoms. The summed E-state index contributed by atoms with van der Waals surface area (Å²) in [5.41, 5.74) is 2.36. The van der Waals surface area contributed by atoms with E-state index in [0.29, 0.717) is 23.7 Å². The summed E-state index contributed by atoms with van der Waals surface area (Å²) in [6.45, 7) is 0.786. The summed E-state index contributed by atoms with van der Waals surface area (Å²) < 4.78 is 0. The second-order valence-electron chi connectivity index (χ2n) is 4.83. The van der Waals surface area contributed by atoms with Crippen LogP contribution in [0.4, 0.5) is 0 Å². The summed E-state index contributed by atoms with van der Waals surface area (Å²) in [6, 6.07) is 9.19. The average molecular weight is 289 g/mol. The lowest BCUT2D eigenvalue weighted by Crippen LogP contribution is -2.53. The van der Waals surface area contributed by atoms with Crippen LogP contribution in [0.1, 0.15) is 10.4 Å². The summed E-state index contributed by atoms with van der Waals surface area (Å²) in [7, 11) is 0. The molecule has 0 spiro atoms. The van der Waals surface area contributed by atoms with Crippen molar-refractivity contribution in [3.05, 3.63) is 53.3 Å². The number of aliphatic hydroxyl groups excluding tert-OH is 1. The van der Waals surface area contributed by atoms with Crippen LogP contribution in [-0.2, 0) is 0 Å². The van der Waals surface area contributed by atoms with Crippen molar-refractivity contribution in [1.29, 1.82) is 0 Å². The van der Waals surface area contributed by atoms with E-state index in [4.69, 9.17) is 11.6 Å². The van der Waals surface area contributed by atoms with Gasteiger partial charge in [-0.15, -0.1) is 0 Å². The van der Waals surface area contributed by atoms with Crippen LogP contribution in [0.3, 0.4) is 0 Å². The Bertz CT molecular complexity index is 637. The normalized spacial score (nSPS) is 15.0. The van der Waals surface area contributed by atoms with Crippen LogP contribution in [-0.4, -0.2) is 40.1 Å². The van der Waals surface area contributed by atoms with E-state index in [1.54, 1.807) is 29.4 Å². The van der Waals surface area contributed by atoms with E-state index >= 15 is 0 Å². The Morgan fingerprint density at radius 2 is 1.90 bits per heavy atom. The summed E-state index contributed by atoms with van der Waals surface area (Å²) in [4.78, 5) is 17.9. The van der Waals surface area contributed by atoms with Crippen molar-refractivity contribution in [2.45, 2.75) is 6.10 Å². The molecule has 4 nitrogen and oxygen atoms in total. The zero-order valence-corrected chi connectivity index (χ0v) is 11.4. The summed E-state index contributed by atoms with van der Waals surface area (Å²) >= 11 is 5.86. The quantitative estimate of drug-likeness (QED) is 0.922. The molecule has 0 saturated carbocycles. The molecule has 1 aliphatic rings. The molecule has 2 aromatic rings. The molecule has 0 unspecified atom stereocenters. The lowest BCUT2D eigenvalue weighted by atomic mass is 10.0. The maximum absolute atomic E-state index is 12.2. The molecule has 1 aliphatic heterocycles. The van der Waals surface area contributed by atoms with Gasteiger partial charge in [-0.1, -0.05) is 23.7 Å². The zero-order chi connectivity index (χ0) is 14.1. The fourth-order valence-electron chi connectivity index (χ4n) is 2.16. The summed E-state index contributed by atoms with van der Waals surface area (Å²) in [6.07, 6.45) is 2.86. The van der Waals surface area contributed by atoms with Gasteiger partial charge in [-0.25, -0.2) is 0 Å². The number of amides is 1. The van der Waals surface area contributed by atoms with E-state index in [-0.39, 0.29) is 5.91 Å². The Balaban J connectivity index is 1.86. The number of likely N-dealkylation sites (tertiary alicyclic amines) is 1. The van der Waals surface area contributed by atoms with Crippen molar-refractivity contribution in [1.82, 2.24) is 9.88 Å². The predicted molar refractivity (Wildman–Crippen MR) is 76.6 cm³/mol. The number of carbonyl (C=O) groups excluding carboxylic acids is 1.